The summed E-state index contributed by atoms with van der Waals surface area (Å²) in [6.07, 6.45) is 7.96. The zero-order valence-electron chi connectivity index (χ0n) is 5.92. The average molecular weight is 140 g/mol. The zero-order chi connectivity index (χ0) is 7.40. The van der Waals surface area contributed by atoms with Crippen LogP contribution in [0.3, 0.4) is 0 Å². The molecule has 1 aliphatic heterocycles. The van der Waals surface area contributed by atoms with Gasteiger partial charge in [0.05, 0.1) is 18.8 Å². The van der Waals surface area contributed by atoms with E-state index in [4.69, 9.17) is 16.3 Å². The molecule has 1 fully saturated rings. The largest absolute Gasteiger partial charge is 0.394 e. The predicted molar refractivity (Wildman–Crippen MR) is 38.4 cm³/mol. The van der Waals surface area contributed by atoms with Gasteiger partial charge in [0.15, 0.2) is 0 Å². The van der Waals surface area contributed by atoms with Crippen LogP contribution in [0.1, 0.15) is 19.3 Å². The minimum absolute atomic E-state index is 0.0401. The summed E-state index contributed by atoms with van der Waals surface area (Å²) in [5.74, 6) is 2.55. The molecule has 0 spiro atoms. The van der Waals surface area contributed by atoms with Crippen molar-refractivity contribution in [3.63, 3.8) is 0 Å². The summed E-state index contributed by atoms with van der Waals surface area (Å²) in [6.45, 7) is 0.126. The average Bonchev–Trinajstić information content (AvgIpc) is 2.37. The van der Waals surface area contributed by atoms with E-state index < -0.39 is 0 Å². The van der Waals surface area contributed by atoms with E-state index in [0.717, 1.165) is 12.8 Å². The highest BCUT2D eigenvalue weighted by atomic mass is 16.5. The molecule has 0 amide bonds. The third-order valence-electron chi connectivity index (χ3n) is 1.74. The summed E-state index contributed by atoms with van der Waals surface area (Å²) in [5, 5.41) is 8.68. The van der Waals surface area contributed by atoms with Crippen molar-refractivity contribution in [2.24, 2.45) is 0 Å². The van der Waals surface area contributed by atoms with Crippen LogP contribution >= 0.6 is 0 Å². The smallest absolute Gasteiger partial charge is 0.0810 e. The number of rotatable bonds is 2. The molecule has 0 saturated carbocycles. The fourth-order valence-corrected chi connectivity index (χ4v) is 1.20. The van der Waals surface area contributed by atoms with Crippen LogP contribution in [0.4, 0.5) is 0 Å². The maximum absolute atomic E-state index is 8.68. The summed E-state index contributed by atoms with van der Waals surface area (Å²) < 4.78 is 5.36. The van der Waals surface area contributed by atoms with Crippen molar-refractivity contribution in [3.8, 4) is 12.3 Å². The molecule has 2 atom stereocenters. The van der Waals surface area contributed by atoms with Crippen molar-refractivity contribution in [1.29, 1.82) is 0 Å². The molecule has 0 bridgehead atoms. The van der Waals surface area contributed by atoms with Crippen LogP contribution in [0, 0.1) is 12.3 Å². The van der Waals surface area contributed by atoms with E-state index in [1.54, 1.807) is 0 Å². The van der Waals surface area contributed by atoms with Crippen molar-refractivity contribution < 1.29 is 9.84 Å². The van der Waals surface area contributed by atoms with Gasteiger partial charge in [-0.1, -0.05) is 0 Å². The van der Waals surface area contributed by atoms with Crippen molar-refractivity contribution in [3.05, 3.63) is 0 Å². The fraction of sp³-hybridized carbons (Fsp3) is 0.750. The van der Waals surface area contributed by atoms with Gasteiger partial charge in [0.1, 0.15) is 0 Å². The van der Waals surface area contributed by atoms with E-state index in [0.29, 0.717) is 6.42 Å². The third-order valence-corrected chi connectivity index (χ3v) is 1.74. The lowest BCUT2D eigenvalue weighted by atomic mass is 10.1. The van der Waals surface area contributed by atoms with Crippen LogP contribution in [0.2, 0.25) is 0 Å². The summed E-state index contributed by atoms with van der Waals surface area (Å²) >= 11 is 0. The van der Waals surface area contributed by atoms with Gasteiger partial charge in [-0.15, -0.1) is 12.3 Å². The van der Waals surface area contributed by atoms with Crippen LogP contribution in [-0.2, 0) is 4.74 Å². The summed E-state index contributed by atoms with van der Waals surface area (Å²) in [7, 11) is 0. The summed E-state index contributed by atoms with van der Waals surface area (Å²) in [5.41, 5.74) is 0. The molecule has 2 unspecified atom stereocenters. The molecule has 1 saturated heterocycles. The standard InChI is InChI=1S/C8H12O2/c1-2-3-7-4-5-8(6-9)10-7/h1,7-9H,3-6H2. The number of aliphatic hydroxyl groups is 1. The van der Waals surface area contributed by atoms with Crippen LogP contribution in [0.5, 0.6) is 0 Å². The Labute approximate surface area is 61.2 Å². The van der Waals surface area contributed by atoms with Gasteiger partial charge in [0.2, 0.25) is 0 Å². The first-order valence-electron chi connectivity index (χ1n) is 3.56. The predicted octanol–water partition coefficient (Wildman–Crippen LogP) is 0.550. The van der Waals surface area contributed by atoms with Crippen molar-refractivity contribution in [2.75, 3.05) is 6.61 Å². The van der Waals surface area contributed by atoms with Gasteiger partial charge in [-0.25, -0.2) is 0 Å². The monoisotopic (exact) mass is 140 g/mol. The second-order valence-electron chi connectivity index (χ2n) is 2.55. The maximum Gasteiger partial charge on any atom is 0.0810 e. The molecular weight excluding hydrogens is 128 g/mol. The molecule has 0 aromatic rings. The van der Waals surface area contributed by atoms with E-state index in [2.05, 4.69) is 5.92 Å². The topological polar surface area (TPSA) is 29.5 Å². The first-order chi connectivity index (χ1) is 4.86. The number of hydrogen-bond donors (Lipinski definition) is 1. The van der Waals surface area contributed by atoms with Gasteiger partial charge in [-0.05, 0) is 12.8 Å². The van der Waals surface area contributed by atoms with Gasteiger partial charge < -0.3 is 9.84 Å². The SMILES string of the molecule is C#CCC1CCC(CO)O1. The molecule has 2 nitrogen and oxygen atoms in total. The first-order valence-corrected chi connectivity index (χ1v) is 3.56. The Morgan fingerprint density at radius 1 is 1.50 bits per heavy atom. The Kier molecular flexibility index (Phi) is 2.73. The zero-order valence-corrected chi connectivity index (χ0v) is 5.92. The molecule has 1 aliphatic rings. The van der Waals surface area contributed by atoms with E-state index in [1.807, 2.05) is 0 Å². The van der Waals surface area contributed by atoms with Crippen LogP contribution in [0.15, 0.2) is 0 Å². The van der Waals surface area contributed by atoms with Gasteiger partial charge in [-0.2, -0.15) is 0 Å². The molecule has 2 heteroatoms. The second kappa shape index (κ2) is 3.60. The van der Waals surface area contributed by atoms with E-state index in [-0.39, 0.29) is 18.8 Å². The Morgan fingerprint density at radius 2 is 2.20 bits per heavy atom. The molecule has 0 aliphatic carbocycles. The van der Waals surface area contributed by atoms with Gasteiger partial charge in [0.25, 0.3) is 0 Å². The van der Waals surface area contributed by atoms with E-state index in [9.17, 15) is 0 Å². The highest BCUT2D eigenvalue weighted by molar-refractivity contribution is 4.89. The molecule has 56 valence electrons. The highest BCUT2D eigenvalue weighted by Gasteiger charge is 2.23. The number of ether oxygens (including phenoxy) is 1. The molecule has 0 radical (unpaired) electrons. The molecule has 0 aromatic carbocycles. The number of terminal acetylenes is 1. The van der Waals surface area contributed by atoms with E-state index in [1.165, 1.54) is 0 Å². The third kappa shape index (κ3) is 1.73. The Hall–Kier alpha value is -0.520. The fourth-order valence-electron chi connectivity index (χ4n) is 1.20. The maximum atomic E-state index is 8.68. The minimum atomic E-state index is 0.0401. The quantitative estimate of drug-likeness (QED) is 0.567. The van der Waals surface area contributed by atoms with Crippen LogP contribution < -0.4 is 0 Å². The molecular formula is C8H12O2. The van der Waals surface area contributed by atoms with Crippen molar-refractivity contribution in [1.82, 2.24) is 0 Å². The highest BCUT2D eigenvalue weighted by Crippen LogP contribution is 2.20. The molecule has 0 aromatic heterocycles. The lowest BCUT2D eigenvalue weighted by Crippen LogP contribution is -2.13. The molecule has 1 N–H and O–H groups in total. The van der Waals surface area contributed by atoms with Crippen LogP contribution in [0.25, 0.3) is 0 Å². The lowest BCUT2D eigenvalue weighted by Gasteiger charge is -2.07. The second-order valence-corrected chi connectivity index (χ2v) is 2.55. The number of hydrogen-bond acceptors (Lipinski definition) is 2. The van der Waals surface area contributed by atoms with Crippen LogP contribution in [-0.4, -0.2) is 23.9 Å². The first kappa shape index (κ1) is 7.59. The van der Waals surface area contributed by atoms with Gasteiger partial charge in [0, 0.05) is 6.42 Å². The Morgan fingerprint density at radius 3 is 2.70 bits per heavy atom. The number of aliphatic hydroxyl groups excluding tert-OH is 1. The Bertz CT molecular complexity index is 137. The van der Waals surface area contributed by atoms with Crippen molar-refractivity contribution in [2.45, 2.75) is 31.5 Å². The molecule has 1 heterocycles. The molecule has 1 rings (SSSR count). The summed E-state index contributed by atoms with van der Waals surface area (Å²) in [6, 6.07) is 0. The Balaban J connectivity index is 2.23. The normalized spacial score (nSPS) is 32.0. The van der Waals surface area contributed by atoms with Gasteiger partial charge >= 0.3 is 0 Å². The lowest BCUT2D eigenvalue weighted by molar-refractivity contribution is 0.0142. The minimum Gasteiger partial charge on any atom is -0.394 e. The van der Waals surface area contributed by atoms with Gasteiger partial charge in [-0.3, -0.25) is 0 Å². The summed E-state index contributed by atoms with van der Waals surface area (Å²) in [4.78, 5) is 0. The van der Waals surface area contributed by atoms with Crippen molar-refractivity contribution >= 4 is 0 Å². The van der Waals surface area contributed by atoms with E-state index >= 15 is 0 Å². The molecule has 10 heavy (non-hydrogen) atoms.